The highest BCUT2D eigenvalue weighted by Crippen LogP contribution is 2.17. The number of hydrogen-bond donors (Lipinski definition) is 4. The molecule has 0 saturated heterocycles. The average molecular weight is 348 g/mol. The normalized spacial score (nSPS) is 10.2. The van der Waals surface area contributed by atoms with Gasteiger partial charge in [0.2, 0.25) is 0 Å². The van der Waals surface area contributed by atoms with Crippen molar-refractivity contribution in [1.82, 2.24) is 0 Å². The highest BCUT2D eigenvalue weighted by molar-refractivity contribution is 6.08. The molecule has 130 valence electrons. The molecule has 0 spiro atoms. The van der Waals surface area contributed by atoms with Crippen LogP contribution in [0.25, 0.3) is 0 Å². The van der Waals surface area contributed by atoms with Crippen molar-refractivity contribution in [3.63, 3.8) is 0 Å². The maximum atomic E-state index is 12.3. The van der Waals surface area contributed by atoms with Crippen LogP contribution < -0.4 is 10.6 Å². The summed E-state index contributed by atoms with van der Waals surface area (Å²) in [5, 5.41) is 23.9. The zero-order chi connectivity index (χ0) is 18.5. The molecule has 3 rings (SSSR count). The summed E-state index contributed by atoms with van der Waals surface area (Å²) >= 11 is 0. The Kier molecular flexibility index (Phi) is 4.85. The molecule has 0 saturated carbocycles. The van der Waals surface area contributed by atoms with Crippen LogP contribution in [0.1, 0.15) is 20.7 Å². The molecule has 0 atom stereocenters. The molecule has 0 radical (unpaired) electrons. The van der Waals surface area contributed by atoms with Crippen molar-refractivity contribution >= 4 is 23.2 Å². The fourth-order valence-corrected chi connectivity index (χ4v) is 2.30. The summed E-state index contributed by atoms with van der Waals surface area (Å²) in [6.07, 6.45) is 0. The molecule has 2 amide bonds. The van der Waals surface area contributed by atoms with Crippen LogP contribution in [0.2, 0.25) is 0 Å². The van der Waals surface area contributed by atoms with Crippen molar-refractivity contribution < 1.29 is 19.8 Å². The Morgan fingerprint density at radius 2 is 1.00 bits per heavy atom. The molecule has 0 aliphatic rings. The van der Waals surface area contributed by atoms with Crippen molar-refractivity contribution in [2.75, 3.05) is 10.6 Å². The maximum absolute atomic E-state index is 12.3. The van der Waals surface area contributed by atoms with Gasteiger partial charge < -0.3 is 20.8 Å². The first-order chi connectivity index (χ1) is 12.5. The lowest BCUT2D eigenvalue weighted by atomic mass is 10.1. The van der Waals surface area contributed by atoms with Crippen LogP contribution in [0.15, 0.2) is 72.8 Å². The molecule has 0 aliphatic carbocycles. The van der Waals surface area contributed by atoms with E-state index in [0.29, 0.717) is 22.5 Å². The Bertz CT molecular complexity index is 860. The van der Waals surface area contributed by atoms with Gasteiger partial charge in [-0.15, -0.1) is 0 Å². The lowest BCUT2D eigenvalue weighted by Crippen LogP contribution is -2.15. The van der Waals surface area contributed by atoms with Crippen molar-refractivity contribution in [3.8, 4) is 11.5 Å². The molecule has 0 bridgehead atoms. The molecule has 0 unspecified atom stereocenters. The predicted octanol–water partition coefficient (Wildman–Crippen LogP) is 3.60. The summed E-state index contributed by atoms with van der Waals surface area (Å²) in [5.74, 6) is -0.517. The first-order valence-electron chi connectivity index (χ1n) is 7.82. The van der Waals surface area contributed by atoms with E-state index in [1.54, 1.807) is 42.5 Å². The molecule has 3 aromatic rings. The summed E-state index contributed by atoms with van der Waals surface area (Å²) in [4.78, 5) is 24.7. The smallest absolute Gasteiger partial charge is 0.255 e. The minimum absolute atomic E-state index is 0.107. The Balaban J connectivity index is 1.72. The minimum Gasteiger partial charge on any atom is -0.508 e. The molecule has 0 aromatic heterocycles. The first-order valence-corrected chi connectivity index (χ1v) is 7.82. The van der Waals surface area contributed by atoms with E-state index in [-0.39, 0.29) is 23.3 Å². The van der Waals surface area contributed by atoms with Gasteiger partial charge in [-0.3, -0.25) is 9.59 Å². The van der Waals surface area contributed by atoms with Crippen molar-refractivity contribution in [1.29, 1.82) is 0 Å². The summed E-state index contributed by atoms with van der Waals surface area (Å²) < 4.78 is 0. The lowest BCUT2D eigenvalue weighted by Gasteiger charge is -2.08. The number of hydrogen-bond acceptors (Lipinski definition) is 4. The number of anilines is 2. The Hall–Kier alpha value is -3.80. The fourth-order valence-electron chi connectivity index (χ4n) is 2.30. The van der Waals surface area contributed by atoms with Gasteiger partial charge in [0.25, 0.3) is 11.8 Å². The van der Waals surface area contributed by atoms with E-state index in [1.807, 2.05) is 0 Å². The predicted molar refractivity (Wildman–Crippen MR) is 98.6 cm³/mol. The van der Waals surface area contributed by atoms with Crippen LogP contribution in [0.5, 0.6) is 11.5 Å². The van der Waals surface area contributed by atoms with Gasteiger partial charge in [-0.2, -0.15) is 0 Å². The van der Waals surface area contributed by atoms with Gasteiger partial charge in [0, 0.05) is 22.5 Å². The van der Waals surface area contributed by atoms with Crippen molar-refractivity contribution in [3.05, 3.63) is 83.9 Å². The zero-order valence-corrected chi connectivity index (χ0v) is 13.6. The number of benzene rings is 3. The molecule has 26 heavy (non-hydrogen) atoms. The topological polar surface area (TPSA) is 98.7 Å². The number of aromatic hydroxyl groups is 2. The highest BCUT2D eigenvalue weighted by Gasteiger charge is 2.11. The van der Waals surface area contributed by atoms with Gasteiger partial charge >= 0.3 is 0 Å². The van der Waals surface area contributed by atoms with E-state index < -0.39 is 0 Å². The Morgan fingerprint density at radius 1 is 0.615 bits per heavy atom. The number of rotatable bonds is 4. The monoisotopic (exact) mass is 348 g/mol. The standard InChI is InChI=1S/C20H16N2O4/c23-17-8-4-15(5-9-17)21-19(25)13-2-1-3-14(12-13)20(26)22-16-6-10-18(24)11-7-16/h1-12,23-24H,(H,21,25)(H,22,26). The summed E-state index contributed by atoms with van der Waals surface area (Å²) in [6, 6.07) is 18.5. The number of phenols is 2. The quantitative estimate of drug-likeness (QED) is 0.541. The third-order valence-electron chi connectivity index (χ3n) is 3.64. The lowest BCUT2D eigenvalue weighted by molar-refractivity contribution is 0.102. The van der Waals surface area contributed by atoms with E-state index in [9.17, 15) is 19.8 Å². The zero-order valence-electron chi connectivity index (χ0n) is 13.6. The van der Waals surface area contributed by atoms with Gasteiger partial charge in [0.15, 0.2) is 0 Å². The minimum atomic E-state index is -0.366. The average Bonchev–Trinajstić information content (AvgIpc) is 2.65. The summed E-state index contributed by atoms with van der Waals surface area (Å²) in [7, 11) is 0. The number of carbonyl (C=O) groups excluding carboxylic acids is 2. The maximum Gasteiger partial charge on any atom is 0.255 e. The van der Waals surface area contributed by atoms with Crippen molar-refractivity contribution in [2.45, 2.75) is 0 Å². The second-order valence-corrected chi connectivity index (χ2v) is 5.58. The largest absolute Gasteiger partial charge is 0.508 e. The summed E-state index contributed by atoms with van der Waals surface area (Å²) in [6.45, 7) is 0. The van der Waals surface area contributed by atoms with Gasteiger partial charge in [0.1, 0.15) is 11.5 Å². The molecule has 0 heterocycles. The van der Waals surface area contributed by atoms with Gasteiger partial charge in [0.05, 0.1) is 0 Å². The van der Waals surface area contributed by atoms with Crippen molar-refractivity contribution in [2.24, 2.45) is 0 Å². The Morgan fingerprint density at radius 3 is 1.38 bits per heavy atom. The highest BCUT2D eigenvalue weighted by atomic mass is 16.3. The Labute approximate surface area is 149 Å². The van der Waals surface area contributed by atoms with E-state index in [1.165, 1.54) is 30.3 Å². The van der Waals surface area contributed by atoms with E-state index in [4.69, 9.17) is 0 Å². The van der Waals surface area contributed by atoms with Gasteiger partial charge in [-0.25, -0.2) is 0 Å². The van der Waals surface area contributed by atoms with E-state index in [2.05, 4.69) is 10.6 Å². The first kappa shape index (κ1) is 17.0. The fraction of sp³-hybridized carbons (Fsp3) is 0. The molecule has 6 nitrogen and oxygen atoms in total. The molecule has 0 aliphatic heterocycles. The molecule has 6 heteroatoms. The molecular weight excluding hydrogens is 332 g/mol. The SMILES string of the molecule is O=C(Nc1ccc(O)cc1)c1cccc(C(=O)Nc2ccc(O)cc2)c1. The number of amides is 2. The summed E-state index contributed by atoms with van der Waals surface area (Å²) in [5.41, 5.74) is 1.73. The van der Waals surface area contributed by atoms with Crippen LogP contribution in [0.3, 0.4) is 0 Å². The third kappa shape index (κ3) is 4.18. The van der Waals surface area contributed by atoms with E-state index in [0.717, 1.165) is 0 Å². The number of phenolic OH excluding ortho intramolecular Hbond substituents is 2. The van der Waals surface area contributed by atoms with Crippen LogP contribution in [-0.4, -0.2) is 22.0 Å². The molecule has 3 aromatic carbocycles. The van der Waals surface area contributed by atoms with E-state index >= 15 is 0 Å². The van der Waals surface area contributed by atoms with Gasteiger partial charge in [-0.05, 0) is 66.7 Å². The van der Waals surface area contributed by atoms with Gasteiger partial charge in [-0.1, -0.05) is 6.07 Å². The third-order valence-corrected chi connectivity index (χ3v) is 3.64. The van der Waals surface area contributed by atoms with Crippen LogP contribution >= 0.6 is 0 Å². The van der Waals surface area contributed by atoms with Crippen LogP contribution in [0.4, 0.5) is 11.4 Å². The number of nitrogens with one attached hydrogen (secondary N) is 2. The second-order valence-electron chi connectivity index (χ2n) is 5.58. The molecule has 4 N–H and O–H groups in total. The van der Waals surface area contributed by atoms with Crippen LogP contribution in [-0.2, 0) is 0 Å². The second kappa shape index (κ2) is 7.40. The number of carbonyl (C=O) groups is 2. The molecule has 0 fully saturated rings. The van der Waals surface area contributed by atoms with Crippen LogP contribution in [0, 0.1) is 0 Å². The molecular formula is C20H16N2O4.